The Balaban J connectivity index is 0.796. The molecule has 6 amide bonds. The fraction of sp³-hybridized carbons (Fsp3) is 0.419. The molecule has 0 aromatic heterocycles. The Kier molecular flexibility index (Phi) is 10.8. The van der Waals surface area contributed by atoms with E-state index in [2.05, 4.69) is 30.7 Å². The number of piperazine rings is 1. The molecular weight excluding hydrogens is 782 g/mol. The highest BCUT2D eigenvalue weighted by atomic mass is 19.4. The van der Waals surface area contributed by atoms with E-state index in [9.17, 15) is 41.9 Å². The van der Waals surface area contributed by atoms with Crippen LogP contribution in [-0.2, 0) is 20.6 Å². The number of nitrogens with one attached hydrogen (secondary N) is 3. The van der Waals surface area contributed by atoms with Gasteiger partial charge in [0, 0.05) is 74.9 Å². The number of carbonyl (C=O) groups is 6. The summed E-state index contributed by atoms with van der Waals surface area (Å²) in [6, 6.07) is 15.9. The van der Waals surface area contributed by atoms with Gasteiger partial charge in [-0.15, -0.1) is 0 Å². The SMILES string of the molecule is N#Cc1ccc(NC(=O)C2(NC(=O)c3ccc(N4CCC(CN5CCN(c6ccc7c(c6)C(=O)N(C6CCC(=O)NC6=O)C7=O)CC5)CC4)cc3)CCC2)cc1C(F)(F)F. The van der Waals surface area contributed by atoms with Crippen LogP contribution < -0.4 is 25.8 Å². The van der Waals surface area contributed by atoms with Crippen LogP contribution in [0.1, 0.15) is 87.1 Å². The average Bonchev–Trinajstić information content (AvgIpc) is 3.47. The zero-order chi connectivity index (χ0) is 42.3. The van der Waals surface area contributed by atoms with Crippen molar-refractivity contribution in [2.75, 3.05) is 60.9 Å². The van der Waals surface area contributed by atoms with Gasteiger partial charge in [0.15, 0.2) is 0 Å². The number of hydrogen-bond acceptors (Lipinski definition) is 10. The van der Waals surface area contributed by atoms with Crippen LogP contribution in [0.5, 0.6) is 0 Å². The van der Waals surface area contributed by atoms with Crippen LogP contribution in [0.3, 0.4) is 0 Å². The highest BCUT2D eigenvalue weighted by molar-refractivity contribution is 6.23. The number of amides is 6. The Morgan fingerprint density at radius 1 is 0.817 bits per heavy atom. The first-order valence-electron chi connectivity index (χ1n) is 20.2. The first-order chi connectivity index (χ1) is 28.7. The van der Waals surface area contributed by atoms with Gasteiger partial charge in [-0.3, -0.25) is 43.9 Å². The molecule has 4 fully saturated rings. The lowest BCUT2D eigenvalue weighted by molar-refractivity contribution is -0.138. The molecule has 1 atom stereocenters. The predicted octanol–water partition coefficient (Wildman–Crippen LogP) is 4.31. The second-order valence-electron chi connectivity index (χ2n) is 16.2. The van der Waals surface area contributed by atoms with Crippen LogP contribution in [0.15, 0.2) is 60.7 Å². The molecular formula is C43H43F3N8O6. The molecule has 0 radical (unpaired) electrons. The van der Waals surface area contributed by atoms with E-state index in [1.165, 1.54) is 12.1 Å². The normalized spacial score (nSPS) is 20.9. The van der Waals surface area contributed by atoms with E-state index in [1.807, 2.05) is 18.2 Å². The van der Waals surface area contributed by atoms with E-state index < -0.39 is 64.3 Å². The number of benzene rings is 3. The average molecular weight is 825 g/mol. The quantitative estimate of drug-likeness (QED) is 0.264. The Labute approximate surface area is 343 Å². The lowest BCUT2D eigenvalue weighted by Crippen LogP contribution is -2.61. The van der Waals surface area contributed by atoms with Crippen molar-refractivity contribution in [1.82, 2.24) is 20.4 Å². The first-order valence-corrected chi connectivity index (χ1v) is 20.2. The van der Waals surface area contributed by atoms with Crippen molar-refractivity contribution in [2.45, 2.75) is 62.7 Å². The van der Waals surface area contributed by atoms with Crippen molar-refractivity contribution in [3.63, 3.8) is 0 Å². The number of rotatable bonds is 9. The van der Waals surface area contributed by atoms with E-state index in [1.54, 1.807) is 24.3 Å². The number of hydrogen-bond donors (Lipinski definition) is 3. The highest BCUT2D eigenvalue weighted by Crippen LogP contribution is 2.37. The van der Waals surface area contributed by atoms with Gasteiger partial charge in [-0.25, -0.2) is 0 Å². The number of alkyl halides is 3. The third-order valence-electron chi connectivity index (χ3n) is 12.5. The molecule has 4 heterocycles. The largest absolute Gasteiger partial charge is 0.417 e. The summed E-state index contributed by atoms with van der Waals surface area (Å²) >= 11 is 0. The summed E-state index contributed by atoms with van der Waals surface area (Å²) < 4.78 is 40.4. The van der Waals surface area contributed by atoms with Crippen LogP contribution in [-0.4, -0.2) is 103 Å². The Hall–Kier alpha value is -6.28. The van der Waals surface area contributed by atoms with Gasteiger partial charge in [0.25, 0.3) is 17.7 Å². The summed E-state index contributed by atoms with van der Waals surface area (Å²) in [5.41, 5.74) is -0.354. The lowest BCUT2D eigenvalue weighted by atomic mass is 9.75. The van der Waals surface area contributed by atoms with Gasteiger partial charge in [0.05, 0.1) is 28.3 Å². The van der Waals surface area contributed by atoms with Crippen molar-refractivity contribution in [1.29, 1.82) is 5.26 Å². The van der Waals surface area contributed by atoms with E-state index in [4.69, 9.17) is 5.26 Å². The molecule has 60 heavy (non-hydrogen) atoms. The second kappa shape index (κ2) is 16.1. The van der Waals surface area contributed by atoms with Crippen molar-refractivity contribution in [3.8, 4) is 6.07 Å². The Morgan fingerprint density at radius 3 is 2.12 bits per heavy atom. The monoisotopic (exact) mass is 824 g/mol. The molecule has 1 unspecified atom stereocenters. The standard InChI is InChI=1S/C43H43F3N8O6/c44-43(45,46)34-22-29(5-2-28(34)24-47)48-41(60)42(14-1-15-42)50-37(56)27-3-6-30(7-4-27)52-16-12-26(13-17-52)25-51-18-20-53(21-19-51)31-8-9-32-33(23-31)40(59)54(39(32)58)35-10-11-36(55)49-38(35)57/h2-9,22-23,26,35H,1,10-21,25H2,(H,48,60)(H,50,56)(H,49,55,57). The number of anilines is 3. The van der Waals surface area contributed by atoms with Crippen molar-refractivity contribution < 1.29 is 41.9 Å². The highest BCUT2D eigenvalue weighted by Gasteiger charge is 2.47. The molecule has 5 aliphatic rings. The summed E-state index contributed by atoms with van der Waals surface area (Å²) in [6.07, 6.45) is -1.27. The second-order valence-corrected chi connectivity index (χ2v) is 16.2. The lowest BCUT2D eigenvalue weighted by Gasteiger charge is -2.41. The minimum Gasteiger partial charge on any atom is -0.372 e. The predicted molar refractivity (Wildman–Crippen MR) is 212 cm³/mol. The van der Waals surface area contributed by atoms with Crippen molar-refractivity contribution in [2.24, 2.45) is 5.92 Å². The molecule has 17 heteroatoms. The molecule has 312 valence electrons. The van der Waals surface area contributed by atoms with E-state index in [0.29, 0.717) is 30.7 Å². The van der Waals surface area contributed by atoms with Gasteiger partial charge in [-0.2, -0.15) is 18.4 Å². The van der Waals surface area contributed by atoms with Gasteiger partial charge in [0.2, 0.25) is 17.7 Å². The minimum absolute atomic E-state index is 0.0673. The fourth-order valence-corrected chi connectivity index (χ4v) is 8.84. The number of nitrogens with zero attached hydrogens (tertiary/aromatic N) is 5. The Morgan fingerprint density at radius 2 is 1.48 bits per heavy atom. The summed E-state index contributed by atoms with van der Waals surface area (Å²) in [6.45, 7) is 5.85. The summed E-state index contributed by atoms with van der Waals surface area (Å²) in [5, 5.41) is 16.6. The van der Waals surface area contributed by atoms with Crippen molar-refractivity contribution >= 4 is 52.5 Å². The van der Waals surface area contributed by atoms with Gasteiger partial charge in [-0.05, 0) is 105 Å². The molecule has 3 aromatic carbocycles. The molecule has 0 spiro atoms. The van der Waals surface area contributed by atoms with Crippen LogP contribution in [0.25, 0.3) is 0 Å². The van der Waals surface area contributed by atoms with Crippen LogP contribution in [0.2, 0.25) is 0 Å². The maximum atomic E-state index is 13.5. The molecule has 14 nitrogen and oxygen atoms in total. The molecule has 1 aliphatic carbocycles. The van der Waals surface area contributed by atoms with E-state index in [0.717, 1.165) is 87.1 Å². The zero-order valence-corrected chi connectivity index (χ0v) is 32.6. The van der Waals surface area contributed by atoms with Gasteiger partial charge >= 0.3 is 6.18 Å². The Bertz CT molecular complexity index is 2290. The summed E-state index contributed by atoms with van der Waals surface area (Å²) in [7, 11) is 0. The summed E-state index contributed by atoms with van der Waals surface area (Å²) in [4.78, 5) is 85.0. The number of nitriles is 1. The minimum atomic E-state index is -4.77. The van der Waals surface area contributed by atoms with Crippen molar-refractivity contribution in [3.05, 3.63) is 88.5 Å². The van der Waals surface area contributed by atoms with Crippen LogP contribution in [0, 0.1) is 17.2 Å². The fourth-order valence-electron chi connectivity index (χ4n) is 8.84. The molecule has 3 saturated heterocycles. The van der Waals surface area contributed by atoms with E-state index in [-0.39, 0.29) is 29.7 Å². The molecule has 1 saturated carbocycles. The molecule has 3 aromatic rings. The summed E-state index contributed by atoms with van der Waals surface area (Å²) in [5.74, 6) is -2.64. The number of fused-ring (bicyclic) bond motifs is 1. The smallest absolute Gasteiger partial charge is 0.372 e. The number of piperidine rings is 2. The zero-order valence-electron chi connectivity index (χ0n) is 32.6. The molecule has 0 bridgehead atoms. The van der Waals surface area contributed by atoms with Gasteiger partial charge < -0.3 is 20.4 Å². The van der Waals surface area contributed by atoms with Gasteiger partial charge in [0.1, 0.15) is 11.6 Å². The van der Waals surface area contributed by atoms with Gasteiger partial charge in [-0.1, -0.05) is 0 Å². The molecule has 4 aliphatic heterocycles. The molecule has 3 N–H and O–H groups in total. The number of halogens is 3. The van der Waals surface area contributed by atoms with Crippen LogP contribution >= 0.6 is 0 Å². The van der Waals surface area contributed by atoms with Crippen LogP contribution in [0.4, 0.5) is 30.2 Å². The maximum Gasteiger partial charge on any atom is 0.417 e. The third-order valence-corrected chi connectivity index (χ3v) is 12.5. The number of imide groups is 2. The number of carbonyl (C=O) groups excluding carboxylic acids is 6. The molecule has 8 rings (SSSR count). The first kappa shape index (κ1) is 40.5. The third kappa shape index (κ3) is 7.91. The maximum absolute atomic E-state index is 13.5. The van der Waals surface area contributed by atoms with E-state index >= 15 is 0 Å². The topological polar surface area (TPSA) is 175 Å².